The molecule has 2 rings (SSSR count). The average molecular weight is 300 g/mol. The molecule has 0 aromatic heterocycles. The third kappa shape index (κ3) is 3.98. The molecule has 21 heavy (non-hydrogen) atoms. The van der Waals surface area contributed by atoms with E-state index in [1.807, 2.05) is 37.3 Å². The summed E-state index contributed by atoms with van der Waals surface area (Å²) in [6.45, 7) is 1.94. The number of anilines is 2. The van der Waals surface area contributed by atoms with Gasteiger partial charge in [0.05, 0.1) is 6.07 Å². The maximum atomic E-state index is 12.3. The number of carbonyl (C=O) groups is 1. The van der Waals surface area contributed by atoms with Crippen LogP contribution in [0.1, 0.15) is 5.56 Å². The number of nitrogens with one attached hydrogen (secondary N) is 1. The Balaban J connectivity index is 2.17. The topological polar surface area (TPSA) is 56.1 Å². The number of urea groups is 1. The zero-order chi connectivity index (χ0) is 15.2. The van der Waals surface area contributed by atoms with Gasteiger partial charge in [-0.1, -0.05) is 29.3 Å². The fourth-order valence-electron chi connectivity index (χ4n) is 1.80. The Labute approximate surface area is 128 Å². The molecular formula is C16H14ClN3O. The summed E-state index contributed by atoms with van der Waals surface area (Å²) in [5.41, 5.74) is 2.39. The quantitative estimate of drug-likeness (QED) is 0.863. The Hall–Kier alpha value is -2.51. The van der Waals surface area contributed by atoms with Gasteiger partial charge in [0.15, 0.2) is 0 Å². The Morgan fingerprint density at radius 3 is 2.38 bits per heavy atom. The van der Waals surface area contributed by atoms with Gasteiger partial charge in [0.25, 0.3) is 0 Å². The van der Waals surface area contributed by atoms with Crippen LogP contribution in [0.2, 0.25) is 5.02 Å². The Bertz CT molecular complexity index is 659. The van der Waals surface area contributed by atoms with E-state index >= 15 is 0 Å². The van der Waals surface area contributed by atoms with E-state index in [2.05, 4.69) is 5.32 Å². The SMILES string of the molecule is Cc1ccc(N(CC#N)C(=O)Nc2ccc(Cl)cc2)cc1. The molecule has 0 atom stereocenters. The van der Waals surface area contributed by atoms with Crippen LogP contribution in [-0.4, -0.2) is 12.6 Å². The fraction of sp³-hybridized carbons (Fsp3) is 0.125. The normalized spacial score (nSPS) is 9.76. The second-order valence-corrected chi connectivity index (χ2v) is 4.95. The van der Waals surface area contributed by atoms with E-state index in [0.29, 0.717) is 16.4 Å². The van der Waals surface area contributed by atoms with Gasteiger partial charge >= 0.3 is 6.03 Å². The molecule has 2 aromatic rings. The number of amides is 2. The first-order chi connectivity index (χ1) is 10.1. The van der Waals surface area contributed by atoms with Crippen molar-refractivity contribution in [1.82, 2.24) is 0 Å². The third-order valence-corrected chi connectivity index (χ3v) is 3.17. The van der Waals surface area contributed by atoms with Crippen molar-refractivity contribution in [2.75, 3.05) is 16.8 Å². The lowest BCUT2D eigenvalue weighted by molar-refractivity contribution is 0.257. The van der Waals surface area contributed by atoms with E-state index in [4.69, 9.17) is 16.9 Å². The molecular weight excluding hydrogens is 286 g/mol. The molecule has 0 aliphatic carbocycles. The molecule has 4 nitrogen and oxygen atoms in total. The van der Waals surface area contributed by atoms with Crippen molar-refractivity contribution >= 4 is 29.0 Å². The summed E-state index contributed by atoms with van der Waals surface area (Å²) in [7, 11) is 0. The highest BCUT2D eigenvalue weighted by Gasteiger charge is 2.15. The van der Waals surface area contributed by atoms with Gasteiger partial charge in [-0.25, -0.2) is 4.79 Å². The predicted molar refractivity (Wildman–Crippen MR) is 84.6 cm³/mol. The lowest BCUT2D eigenvalue weighted by atomic mass is 10.2. The van der Waals surface area contributed by atoms with Crippen molar-refractivity contribution < 1.29 is 4.79 Å². The minimum Gasteiger partial charge on any atom is -0.308 e. The predicted octanol–water partition coefficient (Wildman–Crippen LogP) is 4.21. The van der Waals surface area contributed by atoms with Crippen LogP contribution < -0.4 is 10.2 Å². The molecule has 0 bridgehead atoms. The van der Waals surface area contributed by atoms with Crippen molar-refractivity contribution in [3.8, 4) is 6.07 Å². The first kappa shape index (κ1) is 14.9. The van der Waals surface area contributed by atoms with E-state index in [9.17, 15) is 4.79 Å². The summed E-state index contributed by atoms with van der Waals surface area (Å²) >= 11 is 5.81. The minimum absolute atomic E-state index is 0.0253. The first-order valence-electron chi connectivity index (χ1n) is 6.38. The lowest BCUT2D eigenvalue weighted by Gasteiger charge is -2.20. The average Bonchev–Trinajstić information content (AvgIpc) is 2.48. The number of aryl methyl sites for hydroxylation is 1. The first-order valence-corrected chi connectivity index (χ1v) is 6.75. The number of carbonyl (C=O) groups excluding carboxylic acids is 1. The van der Waals surface area contributed by atoms with Gasteiger partial charge in [-0.3, -0.25) is 4.90 Å². The van der Waals surface area contributed by atoms with E-state index in [1.165, 1.54) is 4.90 Å². The smallest absolute Gasteiger partial charge is 0.308 e. The van der Waals surface area contributed by atoms with Crippen LogP contribution in [0, 0.1) is 18.3 Å². The van der Waals surface area contributed by atoms with E-state index in [1.54, 1.807) is 24.3 Å². The molecule has 0 saturated heterocycles. The zero-order valence-corrected chi connectivity index (χ0v) is 12.3. The second kappa shape index (κ2) is 6.78. The highest BCUT2D eigenvalue weighted by atomic mass is 35.5. The monoisotopic (exact) mass is 299 g/mol. The number of hydrogen-bond donors (Lipinski definition) is 1. The lowest BCUT2D eigenvalue weighted by Crippen LogP contribution is -2.35. The van der Waals surface area contributed by atoms with E-state index in [0.717, 1.165) is 5.56 Å². The van der Waals surface area contributed by atoms with Gasteiger partial charge in [-0.05, 0) is 43.3 Å². The molecule has 5 heteroatoms. The Morgan fingerprint density at radius 1 is 1.19 bits per heavy atom. The third-order valence-electron chi connectivity index (χ3n) is 2.92. The van der Waals surface area contributed by atoms with Crippen molar-refractivity contribution in [1.29, 1.82) is 5.26 Å². The molecule has 1 N–H and O–H groups in total. The molecule has 2 aromatic carbocycles. The molecule has 0 aliphatic rings. The van der Waals surface area contributed by atoms with Gasteiger partial charge in [-0.2, -0.15) is 5.26 Å². The highest BCUT2D eigenvalue weighted by molar-refractivity contribution is 6.30. The molecule has 0 heterocycles. The maximum absolute atomic E-state index is 12.3. The molecule has 2 amide bonds. The minimum atomic E-state index is -0.359. The van der Waals surface area contributed by atoms with E-state index < -0.39 is 0 Å². The summed E-state index contributed by atoms with van der Waals surface area (Å²) in [6, 6.07) is 15.9. The van der Waals surface area contributed by atoms with Crippen LogP contribution >= 0.6 is 11.6 Å². The fourth-order valence-corrected chi connectivity index (χ4v) is 1.93. The number of nitrogens with zero attached hydrogens (tertiary/aromatic N) is 2. The summed E-state index contributed by atoms with van der Waals surface area (Å²) in [5.74, 6) is 0. The summed E-state index contributed by atoms with van der Waals surface area (Å²) in [6.07, 6.45) is 0. The molecule has 0 saturated carbocycles. The largest absolute Gasteiger partial charge is 0.327 e. The van der Waals surface area contributed by atoms with Gasteiger partial charge in [0, 0.05) is 16.4 Å². The van der Waals surface area contributed by atoms with Crippen LogP contribution in [0.5, 0.6) is 0 Å². The summed E-state index contributed by atoms with van der Waals surface area (Å²) in [5, 5.41) is 12.3. The van der Waals surface area contributed by atoms with Crippen LogP contribution in [0.25, 0.3) is 0 Å². The van der Waals surface area contributed by atoms with Crippen molar-refractivity contribution in [3.05, 3.63) is 59.1 Å². The summed E-state index contributed by atoms with van der Waals surface area (Å²) in [4.78, 5) is 13.7. The second-order valence-electron chi connectivity index (χ2n) is 4.52. The van der Waals surface area contributed by atoms with Crippen LogP contribution in [-0.2, 0) is 0 Å². The molecule has 0 radical (unpaired) electrons. The molecule has 0 aliphatic heterocycles. The highest BCUT2D eigenvalue weighted by Crippen LogP contribution is 2.18. The number of rotatable bonds is 3. The van der Waals surface area contributed by atoms with Crippen LogP contribution in [0.4, 0.5) is 16.2 Å². The van der Waals surface area contributed by atoms with Crippen LogP contribution in [0.3, 0.4) is 0 Å². The number of benzene rings is 2. The van der Waals surface area contributed by atoms with E-state index in [-0.39, 0.29) is 12.6 Å². The van der Waals surface area contributed by atoms with Crippen molar-refractivity contribution in [3.63, 3.8) is 0 Å². The number of halogens is 1. The Morgan fingerprint density at radius 2 is 1.81 bits per heavy atom. The molecule has 0 spiro atoms. The van der Waals surface area contributed by atoms with Gasteiger partial charge < -0.3 is 5.32 Å². The van der Waals surface area contributed by atoms with Gasteiger partial charge in [0.1, 0.15) is 6.54 Å². The Kier molecular flexibility index (Phi) is 4.81. The van der Waals surface area contributed by atoms with Gasteiger partial charge in [0.2, 0.25) is 0 Å². The van der Waals surface area contributed by atoms with Crippen molar-refractivity contribution in [2.45, 2.75) is 6.92 Å². The van der Waals surface area contributed by atoms with Crippen molar-refractivity contribution in [2.24, 2.45) is 0 Å². The molecule has 0 fully saturated rings. The standard InChI is InChI=1S/C16H14ClN3O/c1-12-2-8-15(9-3-12)20(11-10-18)16(21)19-14-6-4-13(17)5-7-14/h2-9H,11H2,1H3,(H,19,21). The molecule has 106 valence electrons. The number of hydrogen-bond acceptors (Lipinski definition) is 2. The van der Waals surface area contributed by atoms with Crippen LogP contribution in [0.15, 0.2) is 48.5 Å². The summed E-state index contributed by atoms with van der Waals surface area (Å²) < 4.78 is 0. The maximum Gasteiger partial charge on any atom is 0.327 e. The number of nitriles is 1. The zero-order valence-electron chi connectivity index (χ0n) is 11.5. The molecule has 0 unspecified atom stereocenters. The van der Waals surface area contributed by atoms with Gasteiger partial charge in [-0.15, -0.1) is 0 Å².